The molecule has 1 aliphatic heterocycles. The van der Waals surface area contributed by atoms with Crippen molar-refractivity contribution in [3.05, 3.63) is 30.6 Å². The molecule has 2 atom stereocenters. The molecule has 1 aliphatic carbocycles. The molecular weight excluding hydrogens is 248 g/mol. The summed E-state index contributed by atoms with van der Waals surface area (Å²) < 4.78 is 1.96. The molecule has 0 spiro atoms. The standard InChI is InChI=1S/C16H26N4/c1-4-7-20-10-13(8-17-20)9-19-11-15(14-5-6-14)16(12-19)18(2)3/h4,8,10,14-16H,1,5-7,9,11-12H2,2-3H3/t15-,16+/m1/s1. The lowest BCUT2D eigenvalue weighted by molar-refractivity contribution is 0.233. The number of hydrogen-bond acceptors (Lipinski definition) is 3. The van der Waals surface area contributed by atoms with Crippen molar-refractivity contribution in [1.29, 1.82) is 0 Å². The third-order valence-corrected chi connectivity index (χ3v) is 4.71. The summed E-state index contributed by atoms with van der Waals surface area (Å²) in [6, 6.07) is 0.728. The SMILES string of the molecule is C=CCn1cc(CN2C[C@H](C3CC3)[C@@H](N(C)C)C2)cn1. The van der Waals surface area contributed by atoms with E-state index in [-0.39, 0.29) is 0 Å². The molecule has 0 amide bonds. The molecule has 1 saturated heterocycles. The summed E-state index contributed by atoms with van der Waals surface area (Å²) in [6.07, 6.45) is 8.92. The highest BCUT2D eigenvalue weighted by atomic mass is 15.3. The van der Waals surface area contributed by atoms with E-state index in [1.807, 2.05) is 17.0 Å². The van der Waals surface area contributed by atoms with Gasteiger partial charge in [0.1, 0.15) is 0 Å². The minimum Gasteiger partial charge on any atom is -0.305 e. The summed E-state index contributed by atoms with van der Waals surface area (Å²) in [5.74, 6) is 1.85. The summed E-state index contributed by atoms with van der Waals surface area (Å²) in [5.41, 5.74) is 1.32. The van der Waals surface area contributed by atoms with Gasteiger partial charge < -0.3 is 4.90 Å². The van der Waals surface area contributed by atoms with Gasteiger partial charge in [0.25, 0.3) is 0 Å². The lowest BCUT2D eigenvalue weighted by Gasteiger charge is -2.24. The van der Waals surface area contributed by atoms with E-state index in [9.17, 15) is 0 Å². The molecular formula is C16H26N4. The van der Waals surface area contributed by atoms with E-state index >= 15 is 0 Å². The van der Waals surface area contributed by atoms with E-state index in [4.69, 9.17) is 0 Å². The summed E-state index contributed by atoms with van der Waals surface area (Å²) in [5, 5.41) is 4.38. The summed E-state index contributed by atoms with van der Waals surface area (Å²) in [7, 11) is 4.46. The second kappa shape index (κ2) is 5.70. The predicted molar refractivity (Wildman–Crippen MR) is 81.4 cm³/mol. The largest absolute Gasteiger partial charge is 0.305 e. The predicted octanol–water partition coefficient (Wildman–Crippen LogP) is 1.84. The summed E-state index contributed by atoms with van der Waals surface area (Å²) in [6.45, 7) is 8.03. The highest BCUT2D eigenvalue weighted by Crippen LogP contribution is 2.42. The minimum absolute atomic E-state index is 0.728. The molecule has 1 aromatic rings. The van der Waals surface area contributed by atoms with Gasteiger partial charge in [-0.15, -0.1) is 6.58 Å². The van der Waals surface area contributed by atoms with Gasteiger partial charge in [-0.25, -0.2) is 0 Å². The molecule has 1 saturated carbocycles. The fraction of sp³-hybridized carbons (Fsp3) is 0.688. The second-order valence-electron chi connectivity index (χ2n) is 6.59. The average molecular weight is 274 g/mol. The molecule has 0 N–H and O–H groups in total. The van der Waals surface area contributed by atoms with E-state index in [0.29, 0.717) is 0 Å². The van der Waals surface area contributed by atoms with Crippen molar-refractivity contribution >= 4 is 0 Å². The second-order valence-corrected chi connectivity index (χ2v) is 6.59. The number of allylic oxidation sites excluding steroid dienone is 1. The van der Waals surface area contributed by atoms with E-state index in [1.54, 1.807) is 0 Å². The Morgan fingerprint density at radius 3 is 2.85 bits per heavy atom. The van der Waals surface area contributed by atoms with Crippen LogP contribution in [0.3, 0.4) is 0 Å². The van der Waals surface area contributed by atoms with Crippen LogP contribution in [0.15, 0.2) is 25.0 Å². The van der Waals surface area contributed by atoms with Crippen LogP contribution in [0.25, 0.3) is 0 Å². The molecule has 20 heavy (non-hydrogen) atoms. The molecule has 4 heteroatoms. The zero-order valence-corrected chi connectivity index (χ0v) is 12.7. The molecule has 3 rings (SSSR count). The van der Waals surface area contributed by atoms with Crippen LogP contribution in [-0.4, -0.2) is 52.8 Å². The van der Waals surface area contributed by atoms with Gasteiger partial charge in [0.2, 0.25) is 0 Å². The molecule has 0 bridgehead atoms. The van der Waals surface area contributed by atoms with Crippen molar-refractivity contribution in [3.8, 4) is 0 Å². The van der Waals surface area contributed by atoms with Gasteiger partial charge in [-0.1, -0.05) is 6.08 Å². The maximum Gasteiger partial charge on any atom is 0.0587 e. The van der Waals surface area contributed by atoms with Gasteiger partial charge in [-0.3, -0.25) is 9.58 Å². The Morgan fingerprint density at radius 1 is 1.40 bits per heavy atom. The first kappa shape index (κ1) is 13.8. The first-order valence-electron chi connectivity index (χ1n) is 7.68. The van der Waals surface area contributed by atoms with Crippen LogP contribution in [0.1, 0.15) is 18.4 Å². The smallest absolute Gasteiger partial charge is 0.0587 e. The summed E-state index contributed by atoms with van der Waals surface area (Å²) in [4.78, 5) is 5.02. The van der Waals surface area contributed by atoms with Gasteiger partial charge in [0.05, 0.1) is 12.7 Å². The Kier molecular flexibility index (Phi) is 3.94. The van der Waals surface area contributed by atoms with E-state index in [2.05, 4.69) is 41.8 Å². The molecule has 0 unspecified atom stereocenters. The quantitative estimate of drug-likeness (QED) is 0.740. The highest BCUT2D eigenvalue weighted by molar-refractivity contribution is 5.06. The first-order valence-corrected chi connectivity index (χ1v) is 7.68. The molecule has 0 radical (unpaired) electrons. The molecule has 2 fully saturated rings. The topological polar surface area (TPSA) is 24.3 Å². The van der Waals surface area contributed by atoms with Crippen molar-refractivity contribution in [1.82, 2.24) is 19.6 Å². The Balaban J connectivity index is 1.61. The number of likely N-dealkylation sites (tertiary alicyclic amines) is 1. The van der Waals surface area contributed by atoms with Crippen LogP contribution in [0, 0.1) is 11.8 Å². The average Bonchev–Trinajstić information content (AvgIpc) is 3.02. The molecule has 4 nitrogen and oxygen atoms in total. The number of rotatable bonds is 6. The minimum atomic E-state index is 0.728. The van der Waals surface area contributed by atoms with Crippen LogP contribution >= 0.6 is 0 Å². The Morgan fingerprint density at radius 2 is 2.20 bits per heavy atom. The summed E-state index contributed by atoms with van der Waals surface area (Å²) >= 11 is 0. The van der Waals surface area contributed by atoms with Crippen molar-refractivity contribution < 1.29 is 0 Å². The van der Waals surface area contributed by atoms with Gasteiger partial charge >= 0.3 is 0 Å². The van der Waals surface area contributed by atoms with Gasteiger partial charge in [0.15, 0.2) is 0 Å². The number of hydrogen-bond donors (Lipinski definition) is 0. The lowest BCUT2D eigenvalue weighted by Crippen LogP contribution is -2.36. The Bertz CT molecular complexity index is 451. The molecule has 2 aliphatic rings. The molecule has 1 aromatic heterocycles. The van der Waals surface area contributed by atoms with Crippen LogP contribution in [0.5, 0.6) is 0 Å². The normalized spacial score (nSPS) is 27.4. The third kappa shape index (κ3) is 2.96. The zero-order chi connectivity index (χ0) is 14.1. The van der Waals surface area contributed by atoms with E-state index in [1.165, 1.54) is 31.5 Å². The fourth-order valence-electron chi connectivity index (χ4n) is 3.54. The van der Waals surface area contributed by atoms with Crippen LogP contribution in [0.2, 0.25) is 0 Å². The van der Waals surface area contributed by atoms with Gasteiger partial charge in [-0.2, -0.15) is 5.10 Å². The maximum atomic E-state index is 4.38. The number of likely N-dealkylation sites (N-methyl/N-ethyl adjacent to an activating group) is 1. The van der Waals surface area contributed by atoms with Crippen molar-refractivity contribution in [2.24, 2.45) is 11.8 Å². The van der Waals surface area contributed by atoms with Gasteiger partial charge in [-0.05, 0) is 38.8 Å². The Labute approximate surface area is 122 Å². The Hall–Kier alpha value is -1.13. The number of aromatic nitrogens is 2. The maximum absolute atomic E-state index is 4.38. The first-order chi connectivity index (χ1) is 9.67. The van der Waals surface area contributed by atoms with E-state index < -0.39 is 0 Å². The number of nitrogens with zero attached hydrogens (tertiary/aromatic N) is 4. The van der Waals surface area contributed by atoms with Crippen molar-refractivity contribution in [3.63, 3.8) is 0 Å². The monoisotopic (exact) mass is 274 g/mol. The van der Waals surface area contributed by atoms with E-state index in [0.717, 1.165) is 31.0 Å². The molecule has 110 valence electrons. The third-order valence-electron chi connectivity index (χ3n) is 4.71. The van der Waals surface area contributed by atoms with Crippen LogP contribution in [0.4, 0.5) is 0 Å². The van der Waals surface area contributed by atoms with Crippen LogP contribution < -0.4 is 0 Å². The lowest BCUT2D eigenvalue weighted by atomic mass is 9.97. The zero-order valence-electron chi connectivity index (χ0n) is 12.7. The fourth-order valence-corrected chi connectivity index (χ4v) is 3.54. The van der Waals surface area contributed by atoms with Crippen LogP contribution in [-0.2, 0) is 13.1 Å². The molecule has 2 heterocycles. The highest BCUT2D eigenvalue weighted by Gasteiger charge is 2.43. The van der Waals surface area contributed by atoms with Gasteiger partial charge in [0, 0.05) is 37.4 Å². The van der Waals surface area contributed by atoms with Crippen molar-refractivity contribution in [2.75, 3.05) is 27.2 Å². The molecule has 0 aromatic carbocycles. The van der Waals surface area contributed by atoms with Crippen molar-refractivity contribution in [2.45, 2.75) is 32.0 Å².